The molecule has 102 valence electrons. The molecule has 2 rings (SSSR count). The number of aryl methyl sites for hydroxylation is 1. The Morgan fingerprint density at radius 2 is 2.28 bits per heavy atom. The summed E-state index contributed by atoms with van der Waals surface area (Å²) in [5.41, 5.74) is 1.15. The third-order valence-electron chi connectivity index (χ3n) is 4.00. The highest BCUT2D eigenvalue weighted by atomic mass is 32.1. The molecule has 0 saturated carbocycles. The van der Waals surface area contributed by atoms with Crippen LogP contribution in [0.15, 0.2) is 5.38 Å². The lowest BCUT2D eigenvalue weighted by Gasteiger charge is -2.42. The molecule has 1 aromatic rings. The number of thiazole rings is 1. The number of hydrogen-bond donors (Lipinski definition) is 1. The van der Waals surface area contributed by atoms with Gasteiger partial charge in [0, 0.05) is 36.2 Å². The first-order chi connectivity index (χ1) is 8.65. The average Bonchev–Trinajstić information content (AvgIpc) is 2.83. The average molecular weight is 267 g/mol. The van der Waals surface area contributed by atoms with Gasteiger partial charge in [-0.3, -0.25) is 4.90 Å². The van der Waals surface area contributed by atoms with Crippen LogP contribution in [0.3, 0.4) is 0 Å². The van der Waals surface area contributed by atoms with Crippen LogP contribution in [0, 0.1) is 6.92 Å². The van der Waals surface area contributed by atoms with Crippen molar-refractivity contribution >= 4 is 11.3 Å². The van der Waals surface area contributed by atoms with Crippen molar-refractivity contribution < 1.29 is 0 Å². The van der Waals surface area contributed by atoms with Gasteiger partial charge in [0.1, 0.15) is 5.01 Å². The predicted molar refractivity (Wildman–Crippen MR) is 78.1 cm³/mol. The Morgan fingerprint density at radius 1 is 1.50 bits per heavy atom. The second-order valence-electron chi connectivity index (χ2n) is 5.28. The van der Waals surface area contributed by atoms with E-state index in [1.807, 2.05) is 0 Å². The van der Waals surface area contributed by atoms with Gasteiger partial charge in [0.2, 0.25) is 0 Å². The number of nitrogens with zero attached hydrogens (tertiary/aromatic N) is 2. The summed E-state index contributed by atoms with van der Waals surface area (Å²) in [7, 11) is 0. The largest absolute Gasteiger partial charge is 0.311 e. The minimum absolute atomic E-state index is 0.449. The molecule has 0 bridgehead atoms. The lowest BCUT2D eigenvalue weighted by Crippen LogP contribution is -2.56. The molecule has 4 heteroatoms. The normalized spacial score (nSPS) is 27.3. The molecule has 1 aliphatic rings. The molecule has 3 nitrogen and oxygen atoms in total. The van der Waals surface area contributed by atoms with Crippen molar-refractivity contribution in [2.75, 3.05) is 13.1 Å². The second kappa shape index (κ2) is 6.13. The van der Waals surface area contributed by atoms with Crippen molar-refractivity contribution in [1.82, 2.24) is 15.2 Å². The number of rotatable bonds is 4. The molecule has 0 aromatic carbocycles. The van der Waals surface area contributed by atoms with E-state index in [2.05, 4.69) is 48.3 Å². The van der Waals surface area contributed by atoms with Gasteiger partial charge in [-0.25, -0.2) is 4.98 Å². The maximum atomic E-state index is 4.66. The summed E-state index contributed by atoms with van der Waals surface area (Å²) in [4.78, 5) is 7.30. The van der Waals surface area contributed by atoms with Gasteiger partial charge < -0.3 is 5.32 Å². The predicted octanol–water partition coefficient (Wildman–Crippen LogP) is 2.97. The van der Waals surface area contributed by atoms with Crippen LogP contribution in [0.4, 0.5) is 0 Å². The Balaban J connectivity index is 2.12. The van der Waals surface area contributed by atoms with Gasteiger partial charge in [0.15, 0.2) is 0 Å². The lowest BCUT2D eigenvalue weighted by molar-refractivity contribution is 0.0848. The van der Waals surface area contributed by atoms with Gasteiger partial charge in [-0.05, 0) is 26.7 Å². The van der Waals surface area contributed by atoms with E-state index in [-0.39, 0.29) is 0 Å². The van der Waals surface area contributed by atoms with Crippen LogP contribution in [0.1, 0.15) is 50.4 Å². The van der Waals surface area contributed by atoms with E-state index in [1.54, 1.807) is 11.3 Å². The van der Waals surface area contributed by atoms with Crippen LogP contribution in [0.2, 0.25) is 0 Å². The first kappa shape index (κ1) is 14.0. The summed E-state index contributed by atoms with van der Waals surface area (Å²) in [5, 5.41) is 7.08. The van der Waals surface area contributed by atoms with Crippen molar-refractivity contribution in [3.63, 3.8) is 0 Å². The quantitative estimate of drug-likeness (QED) is 0.909. The summed E-state index contributed by atoms with van der Waals surface area (Å²) >= 11 is 1.80. The molecule has 0 radical (unpaired) electrons. The molecule has 0 amide bonds. The van der Waals surface area contributed by atoms with Crippen molar-refractivity contribution in [3.8, 4) is 0 Å². The zero-order valence-corrected chi connectivity index (χ0v) is 12.8. The van der Waals surface area contributed by atoms with Crippen LogP contribution >= 0.6 is 11.3 Å². The van der Waals surface area contributed by atoms with Gasteiger partial charge in [0.05, 0.1) is 6.04 Å². The SMILES string of the molecule is CCC1CN(C(C)c2nc(C)cs2)C(CC)CN1. The molecule has 0 spiro atoms. The number of nitrogens with one attached hydrogen (secondary N) is 1. The van der Waals surface area contributed by atoms with E-state index in [0.717, 1.165) is 18.8 Å². The molecule has 1 fully saturated rings. The first-order valence-corrected chi connectivity index (χ1v) is 7.94. The van der Waals surface area contributed by atoms with E-state index in [4.69, 9.17) is 0 Å². The van der Waals surface area contributed by atoms with E-state index >= 15 is 0 Å². The van der Waals surface area contributed by atoms with Crippen LogP contribution in [0.5, 0.6) is 0 Å². The molecule has 1 aliphatic heterocycles. The maximum absolute atomic E-state index is 4.66. The van der Waals surface area contributed by atoms with Crippen molar-refractivity contribution in [3.05, 3.63) is 16.1 Å². The van der Waals surface area contributed by atoms with Gasteiger partial charge in [0.25, 0.3) is 0 Å². The van der Waals surface area contributed by atoms with Gasteiger partial charge in [-0.15, -0.1) is 11.3 Å². The van der Waals surface area contributed by atoms with E-state index < -0.39 is 0 Å². The highest BCUT2D eigenvalue weighted by Crippen LogP contribution is 2.28. The number of aromatic nitrogens is 1. The van der Waals surface area contributed by atoms with Gasteiger partial charge in [-0.1, -0.05) is 13.8 Å². The van der Waals surface area contributed by atoms with E-state index in [9.17, 15) is 0 Å². The lowest BCUT2D eigenvalue weighted by atomic mass is 10.0. The van der Waals surface area contributed by atoms with Crippen molar-refractivity contribution in [2.45, 2.75) is 58.7 Å². The molecular formula is C14H25N3S. The molecule has 3 atom stereocenters. The Kier molecular flexibility index (Phi) is 4.76. The van der Waals surface area contributed by atoms with E-state index in [0.29, 0.717) is 18.1 Å². The number of piperazine rings is 1. The van der Waals surface area contributed by atoms with Gasteiger partial charge >= 0.3 is 0 Å². The van der Waals surface area contributed by atoms with Crippen LogP contribution in [-0.2, 0) is 0 Å². The molecule has 3 unspecified atom stereocenters. The third-order valence-corrected chi connectivity index (χ3v) is 5.13. The third kappa shape index (κ3) is 2.92. The van der Waals surface area contributed by atoms with Crippen LogP contribution in [0.25, 0.3) is 0 Å². The molecule has 2 heterocycles. The summed E-state index contributed by atoms with van der Waals surface area (Å²) in [6.07, 6.45) is 2.41. The molecule has 1 N–H and O–H groups in total. The Labute approximate surface area is 115 Å². The van der Waals surface area contributed by atoms with Crippen LogP contribution in [-0.4, -0.2) is 35.1 Å². The Bertz CT molecular complexity index is 377. The first-order valence-electron chi connectivity index (χ1n) is 7.06. The highest BCUT2D eigenvalue weighted by Gasteiger charge is 2.30. The van der Waals surface area contributed by atoms with Crippen LogP contribution < -0.4 is 5.32 Å². The minimum atomic E-state index is 0.449. The van der Waals surface area contributed by atoms with Crippen molar-refractivity contribution in [1.29, 1.82) is 0 Å². The molecule has 18 heavy (non-hydrogen) atoms. The molecule has 1 saturated heterocycles. The fourth-order valence-electron chi connectivity index (χ4n) is 2.72. The van der Waals surface area contributed by atoms with E-state index in [1.165, 1.54) is 17.8 Å². The fourth-order valence-corrected chi connectivity index (χ4v) is 3.59. The van der Waals surface area contributed by atoms with Gasteiger partial charge in [-0.2, -0.15) is 0 Å². The maximum Gasteiger partial charge on any atom is 0.110 e. The monoisotopic (exact) mass is 267 g/mol. The summed E-state index contributed by atoms with van der Waals surface area (Å²) in [6.45, 7) is 11.2. The fraction of sp³-hybridized carbons (Fsp3) is 0.786. The number of hydrogen-bond acceptors (Lipinski definition) is 4. The zero-order chi connectivity index (χ0) is 13.1. The Hall–Kier alpha value is -0.450. The minimum Gasteiger partial charge on any atom is -0.311 e. The second-order valence-corrected chi connectivity index (χ2v) is 6.17. The summed E-state index contributed by atoms with van der Waals surface area (Å²) in [6, 6.07) is 1.73. The highest BCUT2D eigenvalue weighted by molar-refractivity contribution is 7.09. The zero-order valence-electron chi connectivity index (χ0n) is 11.9. The summed E-state index contributed by atoms with van der Waals surface area (Å²) < 4.78 is 0. The topological polar surface area (TPSA) is 28.2 Å². The standard InChI is InChI=1S/C14H25N3S/c1-5-12-8-17(13(6-2)7-15-12)11(4)14-16-10(3)9-18-14/h9,11-13,15H,5-8H2,1-4H3. The summed E-state index contributed by atoms with van der Waals surface area (Å²) in [5.74, 6) is 0. The molecule has 0 aliphatic carbocycles. The molecular weight excluding hydrogens is 242 g/mol. The molecule has 1 aromatic heterocycles. The smallest absolute Gasteiger partial charge is 0.110 e. The Morgan fingerprint density at radius 3 is 2.83 bits per heavy atom. The van der Waals surface area contributed by atoms with Crippen molar-refractivity contribution in [2.24, 2.45) is 0 Å².